The molecule has 17 heavy (non-hydrogen) atoms. The molecule has 1 rings (SSSR count). The van der Waals surface area contributed by atoms with E-state index in [0.717, 1.165) is 12.2 Å². The monoisotopic (exact) mass is 238 g/mol. The Hall–Kier alpha value is -1.09. The first-order chi connectivity index (χ1) is 7.72. The summed E-state index contributed by atoms with van der Waals surface area (Å²) in [6, 6.07) is 4.82. The lowest BCUT2D eigenvalue weighted by Gasteiger charge is -2.30. The van der Waals surface area contributed by atoms with Crippen LogP contribution in [0.15, 0.2) is 18.2 Å². The second kappa shape index (κ2) is 5.05. The van der Waals surface area contributed by atoms with Gasteiger partial charge in [-0.1, -0.05) is 26.8 Å². The molecule has 1 aromatic rings. The van der Waals surface area contributed by atoms with Crippen molar-refractivity contribution < 1.29 is 4.39 Å². The Morgan fingerprint density at radius 1 is 1.35 bits per heavy atom. The highest BCUT2D eigenvalue weighted by molar-refractivity contribution is 5.55. The first-order valence-electron chi connectivity index (χ1n) is 5.97. The van der Waals surface area contributed by atoms with Gasteiger partial charge < -0.3 is 10.6 Å². The zero-order chi connectivity index (χ0) is 13.2. The highest BCUT2D eigenvalue weighted by Gasteiger charge is 2.19. The molecule has 1 atom stereocenters. The third kappa shape index (κ3) is 3.70. The van der Waals surface area contributed by atoms with Gasteiger partial charge >= 0.3 is 0 Å². The van der Waals surface area contributed by atoms with Gasteiger partial charge in [-0.2, -0.15) is 0 Å². The van der Waals surface area contributed by atoms with Crippen molar-refractivity contribution in [2.24, 2.45) is 11.1 Å². The van der Waals surface area contributed by atoms with E-state index in [1.54, 1.807) is 6.07 Å². The number of nitrogens with zero attached hydrogens (tertiary/aromatic N) is 1. The van der Waals surface area contributed by atoms with E-state index in [9.17, 15) is 4.39 Å². The number of hydrogen-bond donors (Lipinski definition) is 1. The van der Waals surface area contributed by atoms with Gasteiger partial charge in [0, 0.05) is 30.9 Å². The van der Waals surface area contributed by atoms with Gasteiger partial charge in [-0.3, -0.25) is 0 Å². The van der Waals surface area contributed by atoms with Crippen molar-refractivity contribution in [3.05, 3.63) is 29.6 Å². The summed E-state index contributed by atoms with van der Waals surface area (Å²) >= 11 is 0. The van der Waals surface area contributed by atoms with Crippen LogP contribution in [0, 0.1) is 11.2 Å². The van der Waals surface area contributed by atoms with Crippen molar-refractivity contribution in [2.45, 2.75) is 33.7 Å². The van der Waals surface area contributed by atoms with Crippen LogP contribution in [0.25, 0.3) is 0 Å². The van der Waals surface area contributed by atoms with Gasteiger partial charge in [-0.05, 0) is 24.5 Å². The smallest absolute Gasteiger partial charge is 0.130 e. The second-order valence-corrected chi connectivity index (χ2v) is 5.88. The molecule has 0 fully saturated rings. The SMILES string of the molecule is C[C@@H](N)c1c(F)cccc1N(C)CC(C)(C)C. The number of rotatable bonds is 3. The summed E-state index contributed by atoms with van der Waals surface area (Å²) in [4.78, 5) is 2.07. The quantitative estimate of drug-likeness (QED) is 0.875. The van der Waals surface area contributed by atoms with Gasteiger partial charge in [0.15, 0.2) is 0 Å². The maximum atomic E-state index is 13.8. The van der Waals surface area contributed by atoms with Gasteiger partial charge in [0.2, 0.25) is 0 Å². The number of nitrogens with two attached hydrogens (primary N) is 1. The molecule has 0 aliphatic heterocycles. The summed E-state index contributed by atoms with van der Waals surface area (Å²) in [6.45, 7) is 9.15. The molecule has 96 valence electrons. The first kappa shape index (κ1) is 14.0. The Kier molecular flexibility index (Phi) is 4.15. The molecule has 0 bridgehead atoms. The van der Waals surface area contributed by atoms with E-state index in [-0.39, 0.29) is 17.3 Å². The van der Waals surface area contributed by atoms with Crippen molar-refractivity contribution in [3.63, 3.8) is 0 Å². The Labute approximate surface area is 104 Å². The molecule has 0 amide bonds. The Balaban J connectivity index is 3.09. The van der Waals surface area contributed by atoms with E-state index in [2.05, 4.69) is 25.7 Å². The van der Waals surface area contributed by atoms with Crippen molar-refractivity contribution in [2.75, 3.05) is 18.5 Å². The summed E-state index contributed by atoms with van der Waals surface area (Å²) in [7, 11) is 1.98. The summed E-state index contributed by atoms with van der Waals surface area (Å²) in [5.74, 6) is -0.224. The maximum Gasteiger partial charge on any atom is 0.130 e. The lowest BCUT2D eigenvalue weighted by atomic mass is 9.95. The van der Waals surface area contributed by atoms with Crippen LogP contribution < -0.4 is 10.6 Å². The number of benzene rings is 1. The lowest BCUT2D eigenvalue weighted by molar-refractivity contribution is 0.418. The minimum Gasteiger partial charge on any atom is -0.374 e. The Morgan fingerprint density at radius 2 is 1.94 bits per heavy atom. The van der Waals surface area contributed by atoms with Crippen LogP contribution in [0.5, 0.6) is 0 Å². The maximum absolute atomic E-state index is 13.8. The van der Waals surface area contributed by atoms with Gasteiger partial charge in [-0.25, -0.2) is 4.39 Å². The highest BCUT2D eigenvalue weighted by Crippen LogP contribution is 2.29. The largest absolute Gasteiger partial charge is 0.374 e. The summed E-state index contributed by atoms with van der Waals surface area (Å²) < 4.78 is 13.8. The van der Waals surface area contributed by atoms with Gasteiger partial charge in [-0.15, -0.1) is 0 Å². The van der Waals surface area contributed by atoms with Crippen LogP contribution in [0.2, 0.25) is 0 Å². The summed E-state index contributed by atoms with van der Waals surface area (Å²) in [5, 5.41) is 0. The fourth-order valence-corrected chi connectivity index (χ4v) is 2.11. The number of halogens is 1. The second-order valence-electron chi connectivity index (χ2n) is 5.88. The molecule has 2 nitrogen and oxygen atoms in total. The molecule has 0 aliphatic rings. The molecule has 2 N–H and O–H groups in total. The molecule has 0 aromatic heterocycles. The van der Waals surface area contributed by atoms with Crippen LogP contribution in [0.4, 0.5) is 10.1 Å². The van der Waals surface area contributed by atoms with Crippen LogP contribution in [-0.4, -0.2) is 13.6 Å². The summed E-state index contributed by atoms with van der Waals surface area (Å²) in [5.41, 5.74) is 7.49. The molecule has 0 saturated heterocycles. The fraction of sp³-hybridized carbons (Fsp3) is 0.571. The van der Waals surface area contributed by atoms with E-state index >= 15 is 0 Å². The highest BCUT2D eigenvalue weighted by atomic mass is 19.1. The van der Waals surface area contributed by atoms with Crippen LogP contribution >= 0.6 is 0 Å². The van der Waals surface area contributed by atoms with E-state index in [0.29, 0.717) is 5.56 Å². The predicted octanol–water partition coefficient (Wildman–Crippen LogP) is 3.33. The van der Waals surface area contributed by atoms with Gasteiger partial charge in [0.05, 0.1) is 0 Å². The van der Waals surface area contributed by atoms with Gasteiger partial charge in [0.25, 0.3) is 0 Å². The fourth-order valence-electron chi connectivity index (χ4n) is 2.11. The average molecular weight is 238 g/mol. The molecule has 3 heteroatoms. The minimum absolute atomic E-state index is 0.163. The van der Waals surface area contributed by atoms with Crippen LogP contribution in [-0.2, 0) is 0 Å². The molecule has 0 saturated carbocycles. The third-order valence-electron chi connectivity index (χ3n) is 2.61. The minimum atomic E-state index is -0.298. The Bertz CT molecular complexity index is 380. The number of hydrogen-bond acceptors (Lipinski definition) is 2. The molecule has 1 aromatic carbocycles. The first-order valence-corrected chi connectivity index (χ1v) is 5.97. The van der Waals surface area contributed by atoms with Gasteiger partial charge in [0.1, 0.15) is 5.82 Å². The van der Waals surface area contributed by atoms with E-state index in [4.69, 9.17) is 5.73 Å². The Morgan fingerprint density at radius 3 is 2.41 bits per heavy atom. The standard InChI is InChI=1S/C14H23FN2/c1-10(16)13-11(15)7-6-8-12(13)17(5)9-14(2,3)4/h6-8,10H,9,16H2,1-5H3/t10-/m1/s1. The van der Waals surface area contributed by atoms with Crippen molar-refractivity contribution in [1.29, 1.82) is 0 Å². The molecular formula is C14H23FN2. The average Bonchev–Trinajstić information content (AvgIpc) is 2.13. The van der Waals surface area contributed by atoms with Crippen LogP contribution in [0.3, 0.4) is 0 Å². The topological polar surface area (TPSA) is 29.3 Å². The van der Waals surface area contributed by atoms with E-state index < -0.39 is 0 Å². The third-order valence-corrected chi connectivity index (χ3v) is 2.61. The van der Waals surface area contributed by atoms with Crippen molar-refractivity contribution >= 4 is 5.69 Å². The molecule has 0 radical (unpaired) electrons. The zero-order valence-electron chi connectivity index (χ0n) is 11.4. The summed E-state index contributed by atoms with van der Waals surface area (Å²) in [6.07, 6.45) is 0. The molecular weight excluding hydrogens is 215 g/mol. The molecule has 0 heterocycles. The molecule has 0 unspecified atom stereocenters. The lowest BCUT2D eigenvalue weighted by Crippen LogP contribution is -2.30. The van der Waals surface area contributed by atoms with Crippen LogP contribution in [0.1, 0.15) is 39.3 Å². The van der Waals surface area contributed by atoms with E-state index in [1.807, 2.05) is 20.0 Å². The predicted molar refractivity (Wildman–Crippen MR) is 71.7 cm³/mol. The molecule has 0 aliphatic carbocycles. The normalized spacial score (nSPS) is 13.6. The molecule has 0 spiro atoms. The number of anilines is 1. The van der Waals surface area contributed by atoms with Crippen molar-refractivity contribution in [3.8, 4) is 0 Å². The van der Waals surface area contributed by atoms with Crippen molar-refractivity contribution in [1.82, 2.24) is 0 Å². The zero-order valence-corrected chi connectivity index (χ0v) is 11.4. The van der Waals surface area contributed by atoms with E-state index in [1.165, 1.54) is 6.07 Å².